The zero-order valence-corrected chi connectivity index (χ0v) is 18.5. The molecule has 0 radical (unpaired) electrons. The second-order valence-electron chi connectivity index (χ2n) is 5.71. The van der Waals surface area contributed by atoms with E-state index in [0.717, 1.165) is 0 Å². The van der Waals surface area contributed by atoms with Crippen LogP contribution in [-0.4, -0.2) is 28.6 Å². The topological polar surface area (TPSA) is 78.9 Å². The summed E-state index contributed by atoms with van der Waals surface area (Å²) in [5, 5.41) is 12.7. The molecule has 2 amide bonds. The Morgan fingerprint density at radius 1 is 1.25 bits per heavy atom. The van der Waals surface area contributed by atoms with Crippen LogP contribution in [0.3, 0.4) is 0 Å². The third-order valence-electron chi connectivity index (χ3n) is 3.85. The Morgan fingerprint density at radius 3 is 2.71 bits per heavy atom. The number of hydrogen-bond donors (Lipinski definition) is 2. The number of hydrogen-bond acceptors (Lipinski definition) is 5. The summed E-state index contributed by atoms with van der Waals surface area (Å²) in [6.45, 7) is 2.33. The highest BCUT2D eigenvalue weighted by molar-refractivity contribution is 9.11. The Bertz CT molecular complexity index is 1020. The second kappa shape index (κ2) is 8.42. The quantitative estimate of drug-likeness (QED) is 0.356. The largest absolute Gasteiger partial charge is 0.506 e. The molecule has 0 atom stereocenters. The first kappa shape index (κ1) is 20.5. The van der Waals surface area contributed by atoms with Gasteiger partial charge in [0, 0.05) is 16.1 Å². The van der Waals surface area contributed by atoms with Crippen LogP contribution in [-0.2, 0) is 9.59 Å². The summed E-state index contributed by atoms with van der Waals surface area (Å²) in [6, 6.07) is 10.1. The Balaban J connectivity index is 2.05. The van der Waals surface area contributed by atoms with E-state index in [1.807, 2.05) is 6.92 Å². The normalized spacial score (nSPS) is 15.8. The number of nitrogens with zero attached hydrogens (tertiary/aromatic N) is 1. The Hall–Kier alpha value is -2.23. The zero-order valence-electron chi connectivity index (χ0n) is 14.5. The van der Waals surface area contributed by atoms with Gasteiger partial charge < -0.3 is 9.84 Å². The van der Waals surface area contributed by atoms with Crippen LogP contribution in [0, 0.1) is 0 Å². The lowest BCUT2D eigenvalue weighted by molar-refractivity contribution is -0.122. The van der Waals surface area contributed by atoms with Crippen molar-refractivity contribution in [3.05, 3.63) is 56.5 Å². The number of carbonyl (C=O) groups excluding carboxylic acids is 2. The van der Waals surface area contributed by atoms with Gasteiger partial charge in [0.1, 0.15) is 17.1 Å². The molecule has 144 valence electrons. The summed E-state index contributed by atoms with van der Waals surface area (Å²) < 4.78 is 6.56. The molecule has 0 saturated carbocycles. The molecule has 9 heteroatoms. The average molecular weight is 526 g/mol. The number of aromatic hydroxyl groups is 1. The van der Waals surface area contributed by atoms with E-state index in [9.17, 15) is 14.7 Å². The van der Waals surface area contributed by atoms with Gasteiger partial charge in [-0.3, -0.25) is 19.8 Å². The molecule has 28 heavy (non-hydrogen) atoms. The molecule has 1 heterocycles. The fourth-order valence-electron chi connectivity index (χ4n) is 2.62. The number of amides is 2. The molecule has 0 aromatic heterocycles. The average Bonchev–Trinajstić information content (AvgIpc) is 2.63. The second-order valence-corrected chi connectivity index (χ2v) is 7.87. The van der Waals surface area contributed by atoms with Gasteiger partial charge in [0.2, 0.25) is 0 Å². The van der Waals surface area contributed by atoms with Crippen molar-refractivity contribution >= 4 is 72.8 Å². The first-order chi connectivity index (χ1) is 13.3. The highest BCUT2D eigenvalue weighted by Crippen LogP contribution is 2.34. The van der Waals surface area contributed by atoms with Crippen molar-refractivity contribution < 1.29 is 19.4 Å². The predicted octanol–water partition coefficient (Wildman–Crippen LogP) is 4.15. The van der Waals surface area contributed by atoms with Crippen LogP contribution < -0.4 is 15.0 Å². The van der Waals surface area contributed by atoms with Gasteiger partial charge in [0.25, 0.3) is 11.8 Å². The van der Waals surface area contributed by atoms with Gasteiger partial charge in [-0.1, -0.05) is 22.0 Å². The number of carbonyl (C=O) groups is 2. The number of halogens is 2. The lowest BCUT2D eigenvalue weighted by Gasteiger charge is -2.29. The molecule has 1 aliphatic heterocycles. The zero-order chi connectivity index (χ0) is 20.4. The molecule has 1 fully saturated rings. The van der Waals surface area contributed by atoms with Crippen LogP contribution in [0.15, 0.2) is 50.9 Å². The molecule has 0 spiro atoms. The van der Waals surface area contributed by atoms with Gasteiger partial charge in [0.15, 0.2) is 5.11 Å². The van der Waals surface area contributed by atoms with Crippen LogP contribution in [0.1, 0.15) is 12.5 Å². The van der Waals surface area contributed by atoms with E-state index in [1.54, 1.807) is 36.4 Å². The predicted molar refractivity (Wildman–Crippen MR) is 117 cm³/mol. The molecule has 0 unspecified atom stereocenters. The molecule has 0 bridgehead atoms. The molecular weight excluding hydrogens is 512 g/mol. The van der Waals surface area contributed by atoms with Gasteiger partial charge in [-0.15, -0.1) is 0 Å². The van der Waals surface area contributed by atoms with Crippen molar-refractivity contribution in [2.24, 2.45) is 0 Å². The van der Waals surface area contributed by atoms with E-state index in [1.165, 1.54) is 11.0 Å². The fourth-order valence-corrected chi connectivity index (χ4v) is 4.16. The maximum atomic E-state index is 13.1. The minimum absolute atomic E-state index is 0.0274. The van der Waals surface area contributed by atoms with Crippen molar-refractivity contribution in [3.63, 3.8) is 0 Å². The summed E-state index contributed by atoms with van der Waals surface area (Å²) >= 11 is 11.8. The highest BCUT2D eigenvalue weighted by Gasteiger charge is 2.34. The van der Waals surface area contributed by atoms with Gasteiger partial charge in [-0.05, 0) is 65.4 Å². The van der Waals surface area contributed by atoms with Crippen molar-refractivity contribution in [1.29, 1.82) is 0 Å². The Labute approximate surface area is 183 Å². The van der Waals surface area contributed by atoms with Crippen LogP contribution in [0.5, 0.6) is 11.5 Å². The maximum absolute atomic E-state index is 13.1. The third-order valence-corrected chi connectivity index (χ3v) is 5.19. The van der Waals surface area contributed by atoms with E-state index in [4.69, 9.17) is 17.0 Å². The molecule has 2 N–H and O–H groups in total. The number of thiocarbonyl (C=S) groups is 1. The fraction of sp³-hybridized carbons (Fsp3) is 0.105. The maximum Gasteiger partial charge on any atom is 0.270 e. The third kappa shape index (κ3) is 4.11. The van der Waals surface area contributed by atoms with Crippen LogP contribution in [0.4, 0.5) is 5.69 Å². The summed E-state index contributed by atoms with van der Waals surface area (Å²) in [7, 11) is 0. The number of nitrogens with one attached hydrogen (secondary N) is 1. The number of ether oxygens (including phenoxy) is 1. The monoisotopic (exact) mass is 524 g/mol. The smallest absolute Gasteiger partial charge is 0.270 e. The lowest BCUT2D eigenvalue weighted by Crippen LogP contribution is -2.54. The summed E-state index contributed by atoms with van der Waals surface area (Å²) in [5.74, 6) is -0.749. The van der Waals surface area contributed by atoms with Crippen LogP contribution >= 0.6 is 44.1 Å². The van der Waals surface area contributed by atoms with E-state index in [0.29, 0.717) is 32.6 Å². The first-order valence-electron chi connectivity index (χ1n) is 8.14. The van der Waals surface area contributed by atoms with Crippen molar-refractivity contribution in [1.82, 2.24) is 5.32 Å². The molecule has 0 aliphatic carbocycles. The number of anilines is 1. The van der Waals surface area contributed by atoms with Crippen molar-refractivity contribution in [2.45, 2.75) is 6.92 Å². The highest BCUT2D eigenvalue weighted by atomic mass is 79.9. The summed E-state index contributed by atoms with van der Waals surface area (Å²) in [4.78, 5) is 26.7. The van der Waals surface area contributed by atoms with E-state index in [2.05, 4.69) is 37.2 Å². The SMILES string of the molecule is CCOc1cccc(N2C(=O)/C(=C\c3cc(Br)cc(Br)c3O)C(=O)NC2=S)c1. The van der Waals surface area contributed by atoms with E-state index < -0.39 is 11.8 Å². The number of phenols is 1. The number of phenolic OH excluding ortho intramolecular Hbond substituents is 1. The molecular formula is C19H14Br2N2O4S. The van der Waals surface area contributed by atoms with E-state index in [-0.39, 0.29) is 16.4 Å². The lowest BCUT2D eigenvalue weighted by atomic mass is 10.1. The van der Waals surface area contributed by atoms with Gasteiger partial charge in [-0.2, -0.15) is 0 Å². The molecule has 6 nitrogen and oxygen atoms in total. The number of rotatable bonds is 4. The van der Waals surface area contributed by atoms with Gasteiger partial charge in [0.05, 0.1) is 16.8 Å². The summed E-state index contributed by atoms with van der Waals surface area (Å²) in [6.07, 6.45) is 1.32. The van der Waals surface area contributed by atoms with Crippen LogP contribution in [0.25, 0.3) is 6.08 Å². The number of benzene rings is 2. The standard InChI is InChI=1S/C19H14Br2N2O4S/c1-2-27-13-5-3-4-12(9-13)23-18(26)14(17(25)22-19(23)28)7-10-6-11(20)8-15(21)16(10)24/h3-9,24H,2H2,1H3,(H,22,25,28)/b14-7-. The minimum atomic E-state index is -0.636. The molecule has 2 aromatic carbocycles. The summed E-state index contributed by atoms with van der Waals surface area (Å²) in [5.41, 5.74) is 0.609. The van der Waals surface area contributed by atoms with E-state index >= 15 is 0 Å². The van der Waals surface area contributed by atoms with Crippen molar-refractivity contribution in [3.8, 4) is 11.5 Å². The molecule has 3 rings (SSSR count). The van der Waals surface area contributed by atoms with Crippen LogP contribution in [0.2, 0.25) is 0 Å². The first-order valence-corrected chi connectivity index (χ1v) is 10.1. The molecule has 2 aromatic rings. The molecule has 1 aliphatic rings. The van der Waals surface area contributed by atoms with Crippen molar-refractivity contribution in [2.75, 3.05) is 11.5 Å². The minimum Gasteiger partial charge on any atom is -0.506 e. The van der Waals surface area contributed by atoms with Gasteiger partial charge >= 0.3 is 0 Å². The van der Waals surface area contributed by atoms with Gasteiger partial charge in [-0.25, -0.2) is 0 Å². The Kier molecular flexibility index (Phi) is 6.17. The molecule has 1 saturated heterocycles. The Morgan fingerprint density at radius 2 is 2.00 bits per heavy atom.